The van der Waals surface area contributed by atoms with Crippen LogP contribution in [0.4, 0.5) is 0 Å². The molecule has 0 heterocycles. The van der Waals surface area contributed by atoms with Gasteiger partial charge >= 0.3 is 0 Å². The lowest BCUT2D eigenvalue weighted by Crippen LogP contribution is -2.40. The van der Waals surface area contributed by atoms with Crippen LogP contribution in [0.5, 0.6) is 0 Å². The highest BCUT2D eigenvalue weighted by Gasteiger charge is 2.14. The average Bonchev–Trinajstić information content (AvgIpc) is 2.02. The maximum absolute atomic E-state index is 10.7. The molecule has 0 aliphatic carbocycles. The largest absolute Gasteiger partial charge is 0.369 e. The van der Waals surface area contributed by atoms with Gasteiger partial charge in [-0.2, -0.15) is 0 Å². The predicted molar refractivity (Wildman–Crippen MR) is 49.5 cm³/mol. The van der Waals surface area contributed by atoms with Crippen LogP contribution < -0.4 is 11.5 Å². The second-order valence-corrected chi connectivity index (χ2v) is 3.33. The van der Waals surface area contributed by atoms with E-state index >= 15 is 0 Å². The molecule has 0 fully saturated rings. The lowest BCUT2D eigenvalue weighted by molar-refractivity contribution is -0.121. The van der Waals surface area contributed by atoms with Gasteiger partial charge < -0.3 is 16.4 Å². The van der Waals surface area contributed by atoms with Gasteiger partial charge in [-0.25, -0.2) is 0 Å². The molecule has 2 atom stereocenters. The van der Waals surface area contributed by atoms with Gasteiger partial charge in [0.15, 0.2) is 0 Å². The highest BCUT2D eigenvalue weighted by molar-refractivity contribution is 5.76. The molecule has 0 radical (unpaired) electrons. The molecule has 72 valence electrons. The van der Waals surface area contributed by atoms with Crippen molar-refractivity contribution in [2.24, 2.45) is 17.4 Å². The van der Waals surface area contributed by atoms with Crippen LogP contribution in [-0.4, -0.2) is 37.0 Å². The monoisotopic (exact) mass is 173 g/mol. The maximum atomic E-state index is 10.7. The summed E-state index contributed by atoms with van der Waals surface area (Å²) in [4.78, 5) is 12.7. The lowest BCUT2D eigenvalue weighted by Gasteiger charge is -2.25. The maximum Gasteiger partial charge on any atom is 0.221 e. The molecule has 0 bridgehead atoms. The molecule has 0 spiro atoms. The van der Waals surface area contributed by atoms with E-state index in [1.165, 1.54) is 0 Å². The molecule has 0 rings (SSSR count). The van der Waals surface area contributed by atoms with Crippen molar-refractivity contribution in [2.45, 2.75) is 19.9 Å². The van der Waals surface area contributed by atoms with E-state index in [2.05, 4.69) is 0 Å². The van der Waals surface area contributed by atoms with E-state index in [4.69, 9.17) is 11.5 Å². The average molecular weight is 173 g/mol. The van der Waals surface area contributed by atoms with Crippen LogP contribution >= 0.6 is 0 Å². The first-order valence-corrected chi connectivity index (χ1v) is 4.18. The Morgan fingerprint density at radius 3 is 2.33 bits per heavy atom. The molecule has 0 aliphatic rings. The molecule has 0 saturated carbocycles. The number of hydrogen-bond acceptors (Lipinski definition) is 3. The number of hydrogen-bond donors (Lipinski definition) is 2. The smallest absolute Gasteiger partial charge is 0.221 e. The summed E-state index contributed by atoms with van der Waals surface area (Å²) in [6.07, 6.45) is 0. The van der Waals surface area contributed by atoms with Crippen LogP contribution in [0.25, 0.3) is 0 Å². The number of amides is 1. The molecule has 0 saturated heterocycles. The SMILES string of the molecule is CC(CN(C)C(C)CN)C(N)=O. The van der Waals surface area contributed by atoms with Gasteiger partial charge in [0.25, 0.3) is 0 Å². The molecule has 0 aromatic heterocycles. The molecule has 4 heteroatoms. The van der Waals surface area contributed by atoms with Crippen molar-refractivity contribution in [3.63, 3.8) is 0 Å². The Labute approximate surface area is 73.9 Å². The zero-order valence-corrected chi connectivity index (χ0v) is 8.08. The Morgan fingerprint density at radius 2 is 2.00 bits per heavy atom. The van der Waals surface area contributed by atoms with Crippen LogP contribution in [0.1, 0.15) is 13.8 Å². The van der Waals surface area contributed by atoms with Gasteiger partial charge in [0.2, 0.25) is 5.91 Å². The standard InChI is InChI=1S/C8H19N3O/c1-6(8(10)12)5-11(3)7(2)4-9/h6-7H,4-5,9H2,1-3H3,(H2,10,12). The number of likely N-dealkylation sites (N-methyl/N-ethyl adjacent to an activating group) is 1. The number of nitrogens with zero attached hydrogens (tertiary/aromatic N) is 1. The Bertz CT molecular complexity index is 149. The molecule has 2 unspecified atom stereocenters. The Morgan fingerprint density at radius 1 is 1.50 bits per heavy atom. The number of rotatable bonds is 5. The van der Waals surface area contributed by atoms with E-state index in [0.717, 1.165) is 0 Å². The van der Waals surface area contributed by atoms with Gasteiger partial charge in [-0.15, -0.1) is 0 Å². The Balaban J connectivity index is 3.83. The minimum absolute atomic E-state index is 0.107. The minimum atomic E-state index is -0.258. The summed E-state index contributed by atoms with van der Waals surface area (Å²) < 4.78 is 0. The predicted octanol–water partition coefficient (Wildman–Crippen LogP) is -0.613. The molecular weight excluding hydrogens is 154 g/mol. The van der Waals surface area contributed by atoms with Gasteiger partial charge in [0.05, 0.1) is 0 Å². The zero-order valence-electron chi connectivity index (χ0n) is 8.08. The van der Waals surface area contributed by atoms with Crippen molar-refractivity contribution >= 4 is 5.91 Å². The molecule has 12 heavy (non-hydrogen) atoms. The molecule has 4 nitrogen and oxygen atoms in total. The summed E-state index contributed by atoms with van der Waals surface area (Å²) in [7, 11) is 1.94. The summed E-state index contributed by atoms with van der Waals surface area (Å²) in [5, 5.41) is 0. The first kappa shape index (κ1) is 11.4. The van der Waals surface area contributed by atoms with Crippen molar-refractivity contribution in [2.75, 3.05) is 20.1 Å². The number of carbonyl (C=O) groups excluding carboxylic acids is 1. The van der Waals surface area contributed by atoms with Crippen LogP contribution in [-0.2, 0) is 4.79 Å². The van der Waals surface area contributed by atoms with Crippen LogP contribution in [0.3, 0.4) is 0 Å². The fraction of sp³-hybridized carbons (Fsp3) is 0.875. The number of primary amides is 1. The van der Waals surface area contributed by atoms with Crippen LogP contribution in [0.15, 0.2) is 0 Å². The zero-order chi connectivity index (χ0) is 9.72. The fourth-order valence-electron chi connectivity index (χ4n) is 0.882. The summed E-state index contributed by atoms with van der Waals surface area (Å²) in [5.41, 5.74) is 10.6. The third-order valence-electron chi connectivity index (χ3n) is 2.14. The Hall–Kier alpha value is -0.610. The van der Waals surface area contributed by atoms with Gasteiger partial charge in [-0.3, -0.25) is 4.79 Å². The van der Waals surface area contributed by atoms with E-state index in [-0.39, 0.29) is 11.8 Å². The quantitative estimate of drug-likeness (QED) is 0.582. The first-order chi connectivity index (χ1) is 5.49. The first-order valence-electron chi connectivity index (χ1n) is 4.18. The normalized spacial score (nSPS) is 16.1. The Kier molecular flexibility index (Phi) is 4.85. The second kappa shape index (κ2) is 5.11. The van der Waals surface area contributed by atoms with Crippen LogP contribution in [0.2, 0.25) is 0 Å². The summed E-state index contributed by atoms with van der Waals surface area (Å²) >= 11 is 0. The highest BCUT2D eigenvalue weighted by atomic mass is 16.1. The van der Waals surface area contributed by atoms with E-state index in [9.17, 15) is 4.79 Å². The number of nitrogens with two attached hydrogens (primary N) is 2. The van der Waals surface area contributed by atoms with Gasteiger partial charge in [0.1, 0.15) is 0 Å². The van der Waals surface area contributed by atoms with Crippen molar-refractivity contribution in [3.05, 3.63) is 0 Å². The van der Waals surface area contributed by atoms with Crippen molar-refractivity contribution in [1.82, 2.24) is 4.90 Å². The highest BCUT2D eigenvalue weighted by Crippen LogP contribution is 2.00. The van der Waals surface area contributed by atoms with E-state index in [1.807, 2.05) is 25.8 Å². The topological polar surface area (TPSA) is 72.3 Å². The second-order valence-electron chi connectivity index (χ2n) is 3.33. The summed E-state index contributed by atoms with van der Waals surface area (Å²) in [5.74, 6) is -0.366. The minimum Gasteiger partial charge on any atom is -0.369 e. The lowest BCUT2D eigenvalue weighted by atomic mass is 10.1. The summed E-state index contributed by atoms with van der Waals surface area (Å²) in [6.45, 7) is 5.12. The van der Waals surface area contributed by atoms with E-state index in [1.54, 1.807) is 0 Å². The molecule has 0 aromatic carbocycles. The summed E-state index contributed by atoms with van der Waals surface area (Å²) in [6, 6.07) is 0.298. The molecule has 0 aromatic rings. The third-order valence-corrected chi connectivity index (χ3v) is 2.14. The van der Waals surface area contributed by atoms with Gasteiger partial charge in [-0.05, 0) is 14.0 Å². The van der Waals surface area contributed by atoms with Crippen LogP contribution in [0, 0.1) is 5.92 Å². The van der Waals surface area contributed by atoms with E-state index < -0.39 is 0 Å². The van der Waals surface area contributed by atoms with Crippen molar-refractivity contribution in [1.29, 1.82) is 0 Å². The van der Waals surface area contributed by atoms with Crippen molar-refractivity contribution < 1.29 is 4.79 Å². The molecule has 4 N–H and O–H groups in total. The fourth-order valence-corrected chi connectivity index (χ4v) is 0.882. The van der Waals surface area contributed by atoms with Crippen molar-refractivity contribution in [3.8, 4) is 0 Å². The molecule has 0 aliphatic heterocycles. The molecular formula is C8H19N3O. The van der Waals surface area contributed by atoms with Gasteiger partial charge in [-0.1, -0.05) is 6.92 Å². The third kappa shape index (κ3) is 3.69. The van der Waals surface area contributed by atoms with E-state index in [0.29, 0.717) is 19.1 Å². The molecule has 1 amide bonds. The number of carbonyl (C=O) groups is 1. The van der Waals surface area contributed by atoms with Gasteiger partial charge in [0, 0.05) is 25.0 Å².